The van der Waals surface area contributed by atoms with Crippen molar-refractivity contribution in [3.8, 4) is 0 Å². The summed E-state index contributed by atoms with van der Waals surface area (Å²) < 4.78 is 0. The number of nitrogen functional groups attached to an aromatic ring is 1. The second-order valence-corrected chi connectivity index (χ2v) is 7.94. The first-order chi connectivity index (χ1) is 11.9. The summed E-state index contributed by atoms with van der Waals surface area (Å²) in [7, 11) is 0. The Morgan fingerprint density at radius 3 is 2.58 bits per heavy atom. The van der Waals surface area contributed by atoms with Gasteiger partial charge in [-0.1, -0.05) is 6.07 Å². The number of fused-ring (bicyclic) bond motifs is 2. The SMILES string of the molecule is Cc1cc(C)c2cc3c(N)c(C(=O)Nc4nc(C)cs4)sc3nc2c1.Cl. The maximum Gasteiger partial charge on any atom is 0.269 e. The summed E-state index contributed by atoms with van der Waals surface area (Å²) in [4.78, 5) is 22.8. The van der Waals surface area contributed by atoms with Gasteiger partial charge < -0.3 is 5.73 Å². The van der Waals surface area contributed by atoms with Crippen molar-refractivity contribution in [1.82, 2.24) is 9.97 Å². The smallest absolute Gasteiger partial charge is 0.269 e. The lowest BCUT2D eigenvalue weighted by Crippen LogP contribution is -2.11. The molecule has 3 aromatic heterocycles. The van der Waals surface area contributed by atoms with E-state index in [1.54, 1.807) is 0 Å². The van der Waals surface area contributed by atoms with Gasteiger partial charge in [-0.05, 0) is 44.0 Å². The molecule has 0 spiro atoms. The molecule has 4 aromatic rings. The quantitative estimate of drug-likeness (QED) is 0.487. The topological polar surface area (TPSA) is 80.9 Å². The number of rotatable bonds is 2. The van der Waals surface area contributed by atoms with Gasteiger partial charge in [0, 0.05) is 16.2 Å². The van der Waals surface area contributed by atoms with Gasteiger partial charge in [-0.2, -0.15) is 0 Å². The molecule has 0 aliphatic heterocycles. The maximum atomic E-state index is 12.6. The zero-order chi connectivity index (χ0) is 17.7. The number of nitrogens with one attached hydrogen (secondary N) is 1. The molecule has 0 unspecified atom stereocenters. The minimum absolute atomic E-state index is 0. The number of thiophene rings is 1. The number of amides is 1. The van der Waals surface area contributed by atoms with Crippen LogP contribution in [0.3, 0.4) is 0 Å². The second kappa shape index (κ2) is 6.83. The van der Waals surface area contributed by atoms with E-state index in [9.17, 15) is 4.79 Å². The molecule has 1 aromatic carbocycles. The fraction of sp³-hybridized carbons (Fsp3) is 0.167. The third-order valence-electron chi connectivity index (χ3n) is 4.03. The molecule has 0 aliphatic rings. The Balaban J connectivity index is 0.00000196. The number of aryl methyl sites for hydroxylation is 3. The first kappa shape index (κ1) is 18.6. The lowest BCUT2D eigenvalue weighted by molar-refractivity contribution is 0.103. The standard InChI is InChI=1S/C18H16N4OS2.ClH/c1-8-4-9(2)11-6-12-14(19)15(25-17(12)21-13(11)5-8)16(23)22-18-20-10(3)7-24-18;/h4-7H,19H2,1-3H3,(H,20,22,23);1H. The summed E-state index contributed by atoms with van der Waals surface area (Å²) in [5.74, 6) is -0.244. The Hall–Kier alpha value is -2.22. The fourth-order valence-corrected chi connectivity index (χ4v) is 4.55. The van der Waals surface area contributed by atoms with Gasteiger partial charge in [-0.3, -0.25) is 10.1 Å². The molecule has 8 heteroatoms. The van der Waals surface area contributed by atoms with Crippen LogP contribution in [-0.2, 0) is 0 Å². The van der Waals surface area contributed by atoms with Crippen molar-refractivity contribution in [2.24, 2.45) is 0 Å². The fourth-order valence-electron chi connectivity index (χ4n) is 2.89. The zero-order valence-electron chi connectivity index (χ0n) is 14.4. The van der Waals surface area contributed by atoms with Crippen molar-refractivity contribution in [3.63, 3.8) is 0 Å². The van der Waals surface area contributed by atoms with Crippen LogP contribution in [0.15, 0.2) is 23.6 Å². The average Bonchev–Trinajstić information content (AvgIpc) is 3.09. The van der Waals surface area contributed by atoms with Crippen LogP contribution in [0, 0.1) is 20.8 Å². The van der Waals surface area contributed by atoms with Gasteiger partial charge >= 0.3 is 0 Å². The molecule has 0 fully saturated rings. The van der Waals surface area contributed by atoms with E-state index in [-0.39, 0.29) is 18.3 Å². The van der Waals surface area contributed by atoms with E-state index in [1.807, 2.05) is 18.4 Å². The summed E-state index contributed by atoms with van der Waals surface area (Å²) in [6, 6.07) is 6.20. The van der Waals surface area contributed by atoms with Crippen molar-refractivity contribution in [2.75, 3.05) is 11.1 Å². The van der Waals surface area contributed by atoms with Gasteiger partial charge in [0.05, 0.1) is 16.9 Å². The van der Waals surface area contributed by atoms with E-state index in [1.165, 1.54) is 28.2 Å². The first-order valence-corrected chi connectivity index (χ1v) is 9.45. The van der Waals surface area contributed by atoms with Gasteiger partial charge in [0.25, 0.3) is 5.91 Å². The summed E-state index contributed by atoms with van der Waals surface area (Å²) in [5, 5.41) is 7.16. The monoisotopic (exact) mass is 404 g/mol. The number of halogens is 1. The molecule has 5 nitrogen and oxygen atoms in total. The van der Waals surface area contributed by atoms with E-state index in [4.69, 9.17) is 10.7 Å². The van der Waals surface area contributed by atoms with E-state index >= 15 is 0 Å². The Bertz CT molecular complexity index is 1150. The van der Waals surface area contributed by atoms with Crippen molar-refractivity contribution < 1.29 is 4.79 Å². The van der Waals surface area contributed by atoms with E-state index in [0.717, 1.165) is 32.4 Å². The molecule has 3 N–H and O–H groups in total. The van der Waals surface area contributed by atoms with Crippen LogP contribution in [-0.4, -0.2) is 15.9 Å². The van der Waals surface area contributed by atoms with Crippen LogP contribution >= 0.6 is 35.1 Å². The number of hydrogen-bond donors (Lipinski definition) is 2. The molecule has 1 amide bonds. The summed E-state index contributed by atoms with van der Waals surface area (Å²) in [6.07, 6.45) is 0. The van der Waals surface area contributed by atoms with Crippen LogP contribution in [0.5, 0.6) is 0 Å². The number of nitrogens with two attached hydrogens (primary N) is 1. The Morgan fingerprint density at radius 1 is 1.12 bits per heavy atom. The van der Waals surface area contributed by atoms with Gasteiger partial charge in [0.15, 0.2) is 5.13 Å². The Morgan fingerprint density at radius 2 is 1.88 bits per heavy atom. The predicted octanol–water partition coefficient (Wildman–Crippen LogP) is 5.09. The number of carbonyl (C=O) groups excluding carboxylic acids is 1. The van der Waals surface area contributed by atoms with Gasteiger partial charge in [-0.25, -0.2) is 9.97 Å². The van der Waals surface area contributed by atoms with Crippen molar-refractivity contribution in [1.29, 1.82) is 0 Å². The molecule has 3 heterocycles. The number of carbonyl (C=O) groups is 1. The van der Waals surface area contributed by atoms with Crippen molar-refractivity contribution >= 4 is 72.9 Å². The highest BCUT2D eigenvalue weighted by Gasteiger charge is 2.19. The van der Waals surface area contributed by atoms with E-state index in [0.29, 0.717) is 15.7 Å². The number of anilines is 2. The highest BCUT2D eigenvalue weighted by atomic mass is 35.5. The molecule has 0 radical (unpaired) electrons. The minimum atomic E-state index is -0.244. The highest BCUT2D eigenvalue weighted by molar-refractivity contribution is 7.21. The van der Waals surface area contributed by atoms with Crippen molar-refractivity contribution in [2.45, 2.75) is 20.8 Å². The predicted molar refractivity (Wildman–Crippen MR) is 113 cm³/mol. The summed E-state index contributed by atoms with van der Waals surface area (Å²) in [6.45, 7) is 6.00. The largest absolute Gasteiger partial charge is 0.397 e. The normalized spacial score (nSPS) is 10.9. The summed E-state index contributed by atoms with van der Waals surface area (Å²) >= 11 is 2.71. The minimum Gasteiger partial charge on any atom is -0.397 e. The molecule has 134 valence electrons. The average molecular weight is 405 g/mol. The van der Waals surface area contributed by atoms with E-state index < -0.39 is 0 Å². The second-order valence-electron chi connectivity index (χ2n) is 6.08. The van der Waals surface area contributed by atoms with E-state index in [2.05, 4.69) is 36.3 Å². The zero-order valence-corrected chi connectivity index (χ0v) is 16.9. The number of benzene rings is 1. The maximum absolute atomic E-state index is 12.6. The molecule has 0 atom stereocenters. The molecular formula is C18H17ClN4OS2. The molecule has 0 aliphatic carbocycles. The third-order valence-corrected chi connectivity index (χ3v) is 6.02. The van der Waals surface area contributed by atoms with Crippen LogP contribution < -0.4 is 11.1 Å². The van der Waals surface area contributed by atoms with Crippen LogP contribution in [0.25, 0.3) is 21.1 Å². The Kier molecular flexibility index (Phi) is 4.88. The molecule has 4 rings (SSSR count). The number of thiazole rings is 1. The van der Waals surface area contributed by atoms with Crippen molar-refractivity contribution in [3.05, 3.63) is 45.3 Å². The molecule has 0 saturated carbocycles. The summed E-state index contributed by atoms with van der Waals surface area (Å²) in [5.41, 5.74) is 10.9. The number of pyridine rings is 1. The lowest BCUT2D eigenvalue weighted by atomic mass is 10.1. The molecular weight excluding hydrogens is 388 g/mol. The third kappa shape index (κ3) is 3.13. The number of nitrogens with zero attached hydrogens (tertiary/aromatic N) is 2. The van der Waals surface area contributed by atoms with Crippen LogP contribution in [0.4, 0.5) is 10.8 Å². The number of aromatic nitrogens is 2. The van der Waals surface area contributed by atoms with Gasteiger partial charge in [0.2, 0.25) is 0 Å². The molecule has 0 bridgehead atoms. The number of hydrogen-bond acceptors (Lipinski definition) is 6. The highest BCUT2D eigenvalue weighted by Crippen LogP contribution is 2.36. The van der Waals surface area contributed by atoms with Gasteiger partial charge in [-0.15, -0.1) is 35.1 Å². The lowest BCUT2D eigenvalue weighted by Gasteiger charge is -2.04. The van der Waals surface area contributed by atoms with Crippen LogP contribution in [0.2, 0.25) is 0 Å². The van der Waals surface area contributed by atoms with Gasteiger partial charge in [0.1, 0.15) is 9.71 Å². The first-order valence-electron chi connectivity index (χ1n) is 7.76. The Labute approximate surface area is 164 Å². The molecule has 0 saturated heterocycles. The molecule has 26 heavy (non-hydrogen) atoms. The van der Waals surface area contributed by atoms with Crippen LogP contribution in [0.1, 0.15) is 26.5 Å².